The van der Waals surface area contributed by atoms with Crippen LogP contribution in [0.25, 0.3) is 0 Å². The van der Waals surface area contributed by atoms with Crippen LogP contribution >= 0.6 is 0 Å². The van der Waals surface area contributed by atoms with Crippen molar-refractivity contribution in [3.63, 3.8) is 0 Å². The van der Waals surface area contributed by atoms with Crippen LogP contribution in [0.5, 0.6) is 5.88 Å². The number of pyridine rings is 1. The molecule has 2 aliphatic rings. The Balaban J connectivity index is 1.60. The van der Waals surface area contributed by atoms with Crippen molar-refractivity contribution in [1.29, 1.82) is 0 Å². The molecule has 0 radical (unpaired) electrons. The Bertz CT molecular complexity index is 621. The molecular weight excluding hydrogens is 298 g/mol. The number of rotatable bonds is 4. The minimum atomic E-state index is -0.773. The maximum Gasteiger partial charge on any atom is 0.317 e. The summed E-state index contributed by atoms with van der Waals surface area (Å²) in [6.07, 6.45) is 2.47. The largest absolute Gasteiger partial charge is 0.481 e. The first-order chi connectivity index (χ1) is 11.0. The van der Waals surface area contributed by atoms with Gasteiger partial charge in [-0.2, -0.15) is 0 Å². The van der Waals surface area contributed by atoms with E-state index in [1.807, 2.05) is 6.07 Å². The molecule has 1 aliphatic heterocycles. The number of nitrogens with one attached hydrogen (secondary N) is 1. The number of ether oxygens (including phenoxy) is 1. The molecule has 7 nitrogen and oxygen atoms in total. The highest BCUT2D eigenvalue weighted by Crippen LogP contribution is 2.48. The molecule has 0 spiro atoms. The molecule has 0 unspecified atom stereocenters. The number of fused-ring (bicyclic) bond motifs is 1. The number of aliphatic carboxylic acids is 1. The number of carboxylic acids is 1. The minimum Gasteiger partial charge on any atom is -0.481 e. The van der Waals surface area contributed by atoms with Gasteiger partial charge in [0.25, 0.3) is 0 Å². The molecule has 2 N–H and O–H groups in total. The molecule has 0 bridgehead atoms. The topological polar surface area (TPSA) is 91.8 Å². The number of hydrogen-bond donors (Lipinski definition) is 2. The highest BCUT2D eigenvalue weighted by atomic mass is 16.5. The first-order valence-corrected chi connectivity index (χ1v) is 7.81. The van der Waals surface area contributed by atoms with E-state index >= 15 is 0 Å². The van der Waals surface area contributed by atoms with Crippen LogP contribution in [0, 0.1) is 11.3 Å². The van der Waals surface area contributed by atoms with E-state index in [4.69, 9.17) is 4.74 Å². The first-order valence-electron chi connectivity index (χ1n) is 7.81. The Morgan fingerprint density at radius 2 is 2.35 bits per heavy atom. The second-order valence-electron chi connectivity index (χ2n) is 6.26. The van der Waals surface area contributed by atoms with Gasteiger partial charge in [0.05, 0.1) is 24.8 Å². The zero-order chi connectivity index (χ0) is 16.4. The third-order valence-corrected chi connectivity index (χ3v) is 4.99. The normalized spacial score (nSPS) is 26.0. The molecule has 23 heavy (non-hydrogen) atoms. The summed E-state index contributed by atoms with van der Waals surface area (Å²) >= 11 is 0. The van der Waals surface area contributed by atoms with Crippen molar-refractivity contribution in [2.45, 2.75) is 25.8 Å². The first kappa shape index (κ1) is 15.6. The van der Waals surface area contributed by atoms with Crippen molar-refractivity contribution >= 4 is 12.0 Å². The molecule has 1 aliphatic carbocycles. The fraction of sp³-hybridized carbons (Fsp3) is 0.562. The number of carboxylic acid groups (broad SMARTS) is 1. The summed E-state index contributed by atoms with van der Waals surface area (Å²) in [5.41, 5.74) is -0.0454. The molecule has 2 atom stereocenters. The number of carbonyl (C=O) groups excluding carboxylic acids is 1. The predicted octanol–water partition coefficient (Wildman–Crippen LogP) is 1.49. The summed E-state index contributed by atoms with van der Waals surface area (Å²) in [6.45, 7) is 1.10. The summed E-state index contributed by atoms with van der Waals surface area (Å²) in [5, 5.41) is 12.4. The number of nitrogens with zero attached hydrogens (tertiary/aromatic N) is 2. The van der Waals surface area contributed by atoms with Crippen molar-refractivity contribution in [3.8, 4) is 5.88 Å². The standard InChI is InChI=1S/C16H21N3O4/c1-23-13-6-2-5-12(18-13)8-17-15(22)19-9-11-4-3-7-16(11,10-19)14(20)21/h2,5-6,11H,3-4,7-10H2,1H3,(H,17,22)(H,20,21)/t11-,16+/m0/s1. The Morgan fingerprint density at radius 1 is 1.52 bits per heavy atom. The molecule has 1 saturated heterocycles. The lowest BCUT2D eigenvalue weighted by atomic mass is 9.81. The number of likely N-dealkylation sites (tertiary alicyclic amines) is 1. The van der Waals surface area contributed by atoms with Gasteiger partial charge in [-0.15, -0.1) is 0 Å². The third-order valence-electron chi connectivity index (χ3n) is 4.99. The summed E-state index contributed by atoms with van der Waals surface area (Å²) in [7, 11) is 1.54. The average Bonchev–Trinajstić information content (AvgIpc) is 3.11. The SMILES string of the molecule is COc1cccc(CNC(=O)N2C[C@@H]3CCC[C@@]3(C(=O)O)C2)n1. The molecule has 124 valence electrons. The van der Waals surface area contributed by atoms with E-state index in [-0.39, 0.29) is 18.5 Å². The zero-order valence-corrected chi connectivity index (χ0v) is 13.1. The maximum absolute atomic E-state index is 12.3. The quantitative estimate of drug-likeness (QED) is 0.877. The lowest BCUT2D eigenvalue weighted by Gasteiger charge is -2.23. The molecule has 7 heteroatoms. The summed E-state index contributed by atoms with van der Waals surface area (Å²) in [4.78, 5) is 29.8. The van der Waals surface area contributed by atoms with Crippen LogP contribution < -0.4 is 10.1 Å². The Morgan fingerprint density at radius 3 is 3.04 bits per heavy atom. The average molecular weight is 319 g/mol. The second-order valence-corrected chi connectivity index (χ2v) is 6.26. The van der Waals surface area contributed by atoms with Gasteiger partial charge in [-0.1, -0.05) is 12.5 Å². The van der Waals surface area contributed by atoms with Crippen molar-refractivity contribution < 1.29 is 19.4 Å². The molecule has 1 aromatic rings. The number of amides is 2. The number of methoxy groups -OCH3 is 1. The van der Waals surface area contributed by atoms with Crippen LogP contribution in [0.15, 0.2) is 18.2 Å². The summed E-state index contributed by atoms with van der Waals surface area (Å²) in [6, 6.07) is 5.13. The molecule has 1 aromatic heterocycles. The fourth-order valence-electron chi connectivity index (χ4n) is 3.74. The number of aromatic nitrogens is 1. The van der Waals surface area contributed by atoms with Crippen molar-refractivity contribution in [2.75, 3.05) is 20.2 Å². The number of urea groups is 1. The van der Waals surface area contributed by atoms with Gasteiger partial charge >= 0.3 is 12.0 Å². The molecule has 2 heterocycles. The highest BCUT2D eigenvalue weighted by Gasteiger charge is 2.55. The molecule has 3 rings (SSSR count). The van der Waals surface area contributed by atoms with E-state index in [0.717, 1.165) is 12.8 Å². The van der Waals surface area contributed by atoms with Crippen molar-refractivity contribution in [3.05, 3.63) is 23.9 Å². The number of carbonyl (C=O) groups is 2. The summed E-state index contributed by atoms with van der Waals surface area (Å²) < 4.78 is 5.05. The van der Waals surface area contributed by atoms with E-state index < -0.39 is 11.4 Å². The van der Waals surface area contributed by atoms with Crippen LogP contribution in [0.2, 0.25) is 0 Å². The van der Waals surface area contributed by atoms with Gasteiger partial charge in [0.15, 0.2) is 0 Å². The molecular formula is C16H21N3O4. The van der Waals surface area contributed by atoms with Gasteiger partial charge in [-0.05, 0) is 24.8 Å². The monoisotopic (exact) mass is 319 g/mol. The van der Waals surface area contributed by atoms with Gasteiger partial charge < -0.3 is 20.1 Å². The lowest BCUT2D eigenvalue weighted by Crippen LogP contribution is -2.41. The van der Waals surface area contributed by atoms with Crippen LogP contribution in [0.4, 0.5) is 4.79 Å². The highest BCUT2D eigenvalue weighted by molar-refractivity contribution is 5.80. The number of hydrogen-bond acceptors (Lipinski definition) is 4. The molecule has 2 fully saturated rings. The second kappa shape index (κ2) is 6.06. The molecule has 1 saturated carbocycles. The van der Waals surface area contributed by atoms with Gasteiger partial charge in [0.1, 0.15) is 0 Å². The third kappa shape index (κ3) is 2.83. The molecule has 0 aromatic carbocycles. The van der Waals surface area contributed by atoms with E-state index in [1.54, 1.807) is 24.1 Å². The van der Waals surface area contributed by atoms with Crippen molar-refractivity contribution in [2.24, 2.45) is 11.3 Å². The van der Waals surface area contributed by atoms with Gasteiger partial charge in [-0.3, -0.25) is 4.79 Å². The Kier molecular flexibility index (Phi) is 4.11. The van der Waals surface area contributed by atoms with E-state index in [1.165, 1.54) is 0 Å². The van der Waals surface area contributed by atoms with Gasteiger partial charge in [0, 0.05) is 19.2 Å². The van der Waals surface area contributed by atoms with Gasteiger partial charge in [-0.25, -0.2) is 9.78 Å². The van der Waals surface area contributed by atoms with Crippen LogP contribution in [0.1, 0.15) is 25.0 Å². The lowest BCUT2D eigenvalue weighted by molar-refractivity contribution is -0.149. The van der Waals surface area contributed by atoms with E-state index in [2.05, 4.69) is 10.3 Å². The Hall–Kier alpha value is -2.31. The fourth-order valence-corrected chi connectivity index (χ4v) is 3.74. The minimum absolute atomic E-state index is 0.0701. The molecule has 2 amide bonds. The van der Waals surface area contributed by atoms with Gasteiger partial charge in [0.2, 0.25) is 5.88 Å². The Labute approximate surface area is 134 Å². The van der Waals surface area contributed by atoms with E-state index in [0.29, 0.717) is 31.1 Å². The van der Waals surface area contributed by atoms with E-state index in [9.17, 15) is 14.7 Å². The predicted molar refractivity (Wildman–Crippen MR) is 82.0 cm³/mol. The zero-order valence-electron chi connectivity index (χ0n) is 13.1. The van der Waals surface area contributed by atoms with Crippen LogP contribution in [-0.4, -0.2) is 47.2 Å². The summed E-state index contributed by atoms with van der Waals surface area (Å²) in [5.74, 6) is -0.206. The smallest absolute Gasteiger partial charge is 0.317 e. The van der Waals surface area contributed by atoms with Crippen LogP contribution in [-0.2, 0) is 11.3 Å². The van der Waals surface area contributed by atoms with Crippen LogP contribution in [0.3, 0.4) is 0 Å². The maximum atomic E-state index is 12.3. The van der Waals surface area contributed by atoms with Crippen molar-refractivity contribution in [1.82, 2.24) is 15.2 Å².